The lowest BCUT2D eigenvalue weighted by Gasteiger charge is -2.14. The van der Waals surface area contributed by atoms with Crippen molar-refractivity contribution in [2.75, 3.05) is 10.6 Å². The van der Waals surface area contributed by atoms with Crippen molar-refractivity contribution >= 4 is 34.8 Å². The molecule has 0 aliphatic rings. The number of pyridine rings is 1. The highest BCUT2D eigenvalue weighted by Gasteiger charge is 2.32. The van der Waals surface area contributed by atoms with Gasteiger partial charge in [0.15, 0.2) is 11.4 Å². The molecule has 0 saturated carbocycles. The quantitative estimate of drug-likeness (QED) is 0.215. The van der Waals surface area contributed by atoms with Crippen molar-refractivity contribution in [3.8, 4) is 16.9 Å². The fourth-order valence-electron chi connectivity index (χ4n) is 3.95. The minimum atomic E-state index is -5.01. The summed E-state index contributed by atoms with van der Waals surface area (Å²) >= 11 is 0. The zero-order valence-corrected chi connectivity index (χ0v) is 20.9. The maximum absolute atomic E-state index is 13.1. The minimum Gasteiger partial charge on any atom is -0.404 e. The molecule has 0 atom stereocenters. The number of halogens is 4. The van der Waals surface area contributed by atoms with E-state index in [2.05, 4.69) is 25.5 Å². The summed E-state index contributed by atoms with van der Waals surface area (Å²) in [5, 5.41) is 9.75. The average molecular weight is 564 g/mol. The normalized spacial score (nSPS) is 11.3. The second-order valence-corrected chi connectivity index (χ2v) is 8.83. The molecule has 5 aromatic rings. The number of fused-ring (bicyclic) bond motifs is 1. The van der Waals surface area contributed by atoms with Crippen LogP contribution in [0.1, 0.15) is 15.9 Å². The van der Waals surface area contributed by atoms with Gasteiger partial charge in [-0.25, -0.2) is 8.91 Å². The number of ether oxygens (including phenoxy) is 1. The second-order valence-electron chi connectivity index (χ2n) is 8.83. The van der Waals surface area contributed by atoms with Crippen LogP contribution in [0.5, 0.6) is 5.75 Å². The van der Waals surface area contributed by atoms with Gasteiger partial charge in [-0.1, -0.05) is 24.3 Å². The van der Waals surface area contributed by atoms with E-state index in [1.54, 1.807) is 54.7 Å². The molecule has 0 bridgehead atoms. The van der Waals surface area contributed by atoms with E-state index in [4.69, 9.17) is 5.73 Å². The summed E-state index contributed by atoms with van der Waals surface area (Å²) in [5.74, 6) is -2.22. The van der Waals surface area contributed by atoms with Gasteiger partial charge in [0.25, 0.3) is 0 Å². The van der Waals surface area contributed by atoms with E-state index in [0.29, 0.717) is 16.9 Å². The number of anilines is 3. The Hall–Kier alpha value is -5.46. The van der Waals surface area contributed by atoms with E-state index in [0.717, 1.165) is 17.2 Å². The molecule has 3 aromatic carbocycles. The Kier molecular flexibility index (Phi) is 7.25. The minimum absolute atomic E-state index is 0.0137. The van der Waals surface area contributed by atoms with E-state index in [-0.39, 0.29) is 35.3 Å². The molecule has 13 heteroatoms. The van der Waals surface area contributed by atoms with E-state index in [1.165, 1.54) is 28.8 Å². The number of nitrogens with zero attached hydrogens (tertiary/aromatic N) is 3. The molecule has 0 radical (unpaired) electrons. The molecule has 4 N–H and O–H groups in total. The Morgan fingerprint density at radius 1 is 0.927 bits per heavy atom. The van der Waals surface area contributed by atoms with Crippen LogP contribution in [-0.2, 0) is 11.2 Å². The first-order chi connectivity index (χ1) is 19.5. The van der Waals surface area contributed by atoms with Crippen LogP contribution in [0.25, 0.3) is 16.8 Å². The third-order valence-electron chi connectivity index (χ3n) is 5.85. The number of nitrogens with two attached hydrogens (primary N) is 1. The number of carbonyl (C=O) groups excluding carboxylic acids is 2. The van der Waals surface area contributed by atoms with Crippen LogP contribution in [0.15, 0.2) is 85.1 Å². The smallest absolute Gasteiger partial charge is 0.404 e. The molecule has 208 valence electrons. The van der Waals surface area contributed by atoms with Gasteiger partial charge in [0.2, 0.25) is 17.8 Å². The number of amides is 2. The molecule has 5 rings (SSSR count). The second kappa shape index (κ2) is 11.0. The van der Waals surface area contributed by atoms with Crippen LogP contribution in [0, 0.1) is 5.82 Å². The standard InChI is InChI=1S/C28H20F4N6O3/c29-20-7-1-16(2-8-20)13-25(39)34-21-9-3-17(4-10-21)19-6-12-24-36-27(37-38(24)15-19)35-22-11-5-18(26(33)40)14-23(22)41-28(30,31)32/h1-12,14-15H,13H2,(H2,33,40)(H,34,39)(H,35,37). The summed E-state index contributed by atoms with van der Waals surface area (Å²) < 4.78 is 57.3. The Bertz CT molecular complexity index is 1740. The maximum atomic E-state index is 13.1. The van der Waals surface area contributed by atoms with E-state index >= 15 is 0 Å². The summed E-state index contributed by atoms with van der Waals surface area (Å²) in [6.07, 6.45) is -3.23. The number of hydrogen-bond acceptors (Lipinski definition) is 6. The third kappa shape index (κ3) is 6.76. The van der Waals surface area contributed by atoms with Gasteiger partial charge in [0.05, 0.1) is 12.1 Å². The molecule has 0 unspecified atom stereocenters. The lowest BCUT2D eigenvalue weighted by atomic mass is 10.1. The molecule has 0 spiro atoms. The van der Waals surface area contributed by atoms with Gasteiger partial charge >= 0.3 is 6.36 Å². The monoisotopic (exact) mass is 564 g/mol. The first-order valence-corrected chi connectivity index (χ1v) is 12.0. The van der Waals surface area contributed by atoms with Crippen LogP contribution in [-0.4, -0.2) is 32.8 Å². The van der Waals surface area contributed by atoms with Crippen molar-refractivity contribution in [1.29, 1.82) is 0 Å². The Balaban J connectivity index is 1.30. The zero-order chi connectivity index (χ0) is 29.1. The molecule has 0 fully saturated rings. The molecule has 0 aliphatic heterocycles. The van der Waals surface area contributed by atoms with Crippen LogP contribution in [0.3, 0.4) is 0 Å². The molecule has 2 aromatic heterocycles. The maximum Gasteiger partial charge on any atom is 0.573 e. The van der Waals surface area contributed by atoms with Gasteiger partial charge in [-0.15, -0.1) is 18.3 Å². The molecule has 0 saturated heterocycles. The summed E-state index contributed by atoms with van der Waals surface area (Å²) in [6, 6.07) is 19.5. The van der Waals surface area contributed by atoms with Crippen molar-refractivity contribution in [1.82, 2.24) is 14.6 Å². The predicted molar refractivity (Wildman–Crippen MR) is 142 cm³/mol. The van der Waals surface area contributed by atoms with Crippen molar-refractivity contribution in [2.24, 2.45) is 5.73 Å². The summed E-state index contributed by atoms with van der Waals surface area (Å²) in [7, 11) is 0. The summed E-state index contributed by atoms with van der Waals surface area (Å²) in [4.78, 5) is 28.0. The molecule has 2 heterocycles. The van der Waals surface area contributed by atoms with Gasteiger partial charge in [-0.05, 0) is 65.7 Å². The highest BCUT2D eigenvalue weighted by molar-refractivity contribution is 5.94. The molecule has 2 amide bonds. The van der Waals surface area contributed by atoms with Gasteiger partial charge in [0.1, 0.15) is 5.82 Å². The lowest BCUT2D eigenvalue weighted by Crippen LogP contribution is -2.19. The number of alkyl halides is 3. The Labute approximate surface area is 229 Å². The van der Waals surface area contributed by atoms with E-state index < -0.39 is 18.0 Å². The number of hydrogen-bond donors (Lipinski definition) is 3. The fraction of sp³-hybridized carbons (Fsp3) is 0.0714. The molecule has 0 aliphatic carbocycles. The number of primary amides is 1. The van der Waals surface area contributed by atoms with Crippen molar-refractivity contribution < 1.29 is 31.9 Å². The molecular formula is C28H20F4N6O3. The largest absolute Gasteiger partial charge is 0.573 e. The lowest BCUT2D eigenvalue weighted by molar-refractivity contribution is -0.274. The SMILES string of the molecule is NC(=O)c1ccc(Nc2nc3ccc(-c4ccc(NC(=O)Cc5ccc(F)cc5)cc4)cn3n2)c(OC(F)(F)F)c1. The van der Waals surface area contributed by atoms with Gasteiger partial charge in [-0.3, -0.25) is 9.59 Å². The number of rotatable bonds is 8. The zero-order valence-electron chi connectivity index (χ0n) is 20.9. The fourth-order valence-corrected chi connectivity index (χ4v) is 3.95. The molecular weight excluding hydrogens is 544 g/mol. The van der Waals surface area contributed by atoms with Crippen molar-refractivity contribution in [3.05, 3.63) is 102 Å². The van der Waals surface area contributed by atoms with E-state index in [1.807, 2.05) is 0 Å². The third-order valence-corrected chi connectivity index (χ3v) is 5.85. The van der Waals surface area contributed by atoms with Crippen LogP contribution < -0.4 is 21.1 Å². The van der Waals surface area contributed by atoms with Crippen LogP contribution in [0.2, 0.25) is 0 Å². The number of aromatic nitrogens is 3. The Morgan fingerprint density at radius 3 is 2.32 bits per heavy atom. The summed E-state index contributed by atoms with van der Waals surface area (Å²) in [5.41, 5.74) is 8.11. The van der Waals surface area contributed by atoms with Gasteiger partial charge in [-0.2, -0.15) is 4.98 Å². The van der Waals surface area contributed by atoms with Crippen LogP contribution >= 0.6 is 0 Å². The number of benzene rings is 3. The molecule has 9 nitrogen and oxygen atoms in total. The van der Waals surface area contributed by atoms with E-state index in [9.17, 15) is 27.2 Å². The highest BCUT2D eigenvalue weighted by Crippen LogP contribution is 2.33. The predicted octanol–water partition coefficient (Wildman–Crippen LogP) is 5.46. The van der Waals surface area contributed by atoms with Gasteiger partial charge in [0, 0.05) is 23.0 Å². The topological polar surface area (TPSA) is 124 Å². The average Bonchev–Trinajstić information content (AvgIpc) is 3.32. The summed E-state index contributed by atoms with van der Waals surface area (Å²) in [6.45, 7) is 0. The van der Waals surface area contributed by atoms with Crippen molar-refractivity contribution in [2.45, 2.75) is 12.8 Å². The van der Waals surface area contributed by atoms with Gasteiger partial charge < -0.3 is 21.1 Å². The Morgan fingerprint density at radius 2 is 1.63 bits per heavy atom. The number of nitrogens with one attached hydrogen (secondary N) is 2. The highest BCUT2D eigenvalue weighted by atomic mass is 19.4. The molecule has 41 heavy (non-hydrogen) atoms. The van der Waals surface area contributed by atoms with Crippen LogP contribution in [0.4, 0.5) is 34.9 Å². The number of carbonyl (C=O) groups is 2. The van der Waals surface area contributed by atoms with Crippen molar-refractivity contribution in [3.63, 3.8) is 0 Å². The first kappa shape index (κ1) is 27.1. The first-order valence-electron chi connectivity index (χ1n) is 12.0.